The van der Waals surface area contributed by atoms with Gasteiger partial charge in [-0.15, -0.1) is 0 Å². The Morgan fingerprint density at radius 3 is 2.39 bits per heavy atom. The Morgan fingerprint density at radius 2 is 1.91 bits per heavy atom. The second kappa shape index (κ2) is 7.94. The Labute approximate surface area is 129 Å². The molecule has 0 saturated heterocycles. The van der Waals surface area contributed by atoms with E-state index in [1.807, 2.05) is 0 Å². The van der Waals surface area contributed by atoms with Crippen molar-refractivity contribution < 1.29 is 33.5 Å². The Hall–Kier alpha value is -2.11. The van der Waals surface area contributed by atoms with E-state index in [1.165, 1.54) is 0 Å². The molecule has 0 heterocycles. The molecule has 23 heavy (non-hydrogen) atoms. The van der Waals surface area contributed by atoms with Gasteiger partial charge in [-0.2, -0.15) is 0 Å². The van der Waals surface area contributed by atoms with Crippen LogP contribution in [0.2, 0.25) is 0 Å². The number of phosphoric ester groups is 1. The minimum Gasteiger partial charge on any atom is -0.487 e. The number of nitro benzene ring substituents is 2. The topological polar surface area (TPSA) is 188 Å². The summed E-state index contributed by atoms with van der Waals surface area (Å²) in [5, 5.41) is 21.5. The Balaban J connectivity index is 2.75. The molecule has 1 unspecified atom stereocenters. The van der Waals surface area contributed by atoms with Crippen molar-refractivity contribution in [2.45, 2.75) is 12.5 Å². The second-order valence-electron chi connectivity index (χ2n) is 4.26. The quantitative estimate of drug-likeness (QED) is 0.324. The van der Waals surface area contributed by atoms with Crippen LogP contribution in [0.3, 0.4) is 0 Å². The summed E-state index contributed by atoms with van der Waals surface area (Å²) >= 11 is 0. The number of non-ortho nitro benzene ring substituents is 1. The maximum atomic E-state index is 10.9. The lowest BCUT2D eigenvalue weighted by atomic mass is 10.2. The predicted molar refractivity (Wildman–Crippen MR) is 75.8 cm³/mol. The molecule has 0 amide bonds. The fraction of sp³-hybridized carbons (Fsp3) is 0.400. The van der Waals surface area contributed by atoms with Crippen molar-refractivity contribution in [1.82, 2.24) is 0 Å². The average molecular weight is 351 g/mol. The van der Waals surface area contributed by atoms with Crippen LogP contribution in [0.5, 0.6) is 5.75 Å². The largest absolute Gasteiger partial charge is 0.487 e. The summed E-state index contributed by atoms with van der Waals surface area (Å²) in [5.74, 6) is -0.215. The van der Waals surface area contributed by atoms with Gasteiger partial charge in [0.25, 0.3) is 5.69 Å². The summed E-state index contributed by atoms with van der Waals surface area (Å²) in [4.78, 5) is 37.2. The minimum absolute atomic E-state index is 0.0459. The number of phosphoric acid groups is 1. The molecule has 0 saturated carbocycles. The van der Waals surface area contributed by atoms with Crippen molar-refractivity contribution in [2.24, 2.45) is 5.73 Å². The van der Waals surface area contributed by atoms with E-state index >= 15 is 0 Å². The molecule has 1 rings (SSSR count). The van der Waals surface area contributed by atoms with Gasteiger partial charge in [-0.1, -0.05) is 0 Å². The third-order valence-corrected chi connectivity index (χ3v) is 3.17. The third kappa shape index (κ3) is 6.26. The number of hydrogen-bond donors (Lipinski definition) is 3. The van der Waals surface area contributed by atoms with Crippen LogP contribution in [0.25, 0.3) is 0 Å². The molecule has 128 valence electrons. The normalized spacial score (nSPS) is 12.7. The highest BCUT2D eigenvalue weighted by molar-refractivity contribution is 7.46. The van der Waals surface area contributed by atoms with E-state index in [4.69, 9.17) is 20.3 Å². The lowest BCUT2D eigenvalue weighted by Gasteiger charge is -2.16. The predicted octanol–water partition coefficient (Wildman–Crippen LogP) is 0.708. The summed E-state index contributed by atoms with van der Waals surface area (Å²) in [6, 6.07) is 2.86. The van der Waals surface area contributed by atoms with Crippen LogP contribution in [-0.4, -0.2) is 38.9 Å². The van der Waals surface area contributed by atoms with E-state index in [1.54, 1.807) is 0 Å². The Morgan fingerprint density at radius 1 is 1.26 bits per heavy atom. The van der Waals surface area contributed by atoms with E-state index in [9.17, 15) is 24.8 Å². The molecule has 0 spiro atoms. The zero-order valence-electron chi connectivity index (χ0n) is 11.6. The van der Waals surface area contributed by atoms with Crippen molar-refractivity contribution >= 4 is 19.2 Å². The monoisotopic (exact) mass is 351 g/mol. The summed E-state index contributed by atoms with van der Waals surface area (Å²) in [6.07, 6.45) is -1.05. The van der Waals surface area contributed by atoms with Crippen LogP contribution in [0.1, 0.15) is 6.42 Å². The van der Waals surface area contributed by atoms with Gasteiger partial charge < -0.3 is 20.3 Å². The maximum absolute atomic E-state index is 10.9. The molecule has 13 heteroatoms. The van der Waals surface area contributed by atoms with E-state index in [-0.39, 0.29) is 25.3 Å². The molecule has 4 N–H and O–H groups in total. The van der Waals surface area contributed by atoms with Crippen molar-refractivity contribution in [3.63, 3.8) is 0 Å². The fourth-order valence-electron chi connectivity index (χ4n) is 1.59. The van der Waals surface area contributed by atoms with Gasteiger partial charge in [0.05, 0.1) is 28.6 Å². The van der Waals surface area contributed by atoms with Gasteiger partial charge in [-0.25, -0.2) is 4.57 Å². The molecule has 0 aliphatic heterocycles. The first-order valence-corrected chi connectivity index (χ1v) is 7.66. The summed E-state index contributed by atoms with van der Waals surface area (Å²) < 4.78 is 20.2. The highest BCUT2D eigenvalue weighted by Crippen LogP contribution is 2.38. The molecule has 0 aliphatic carbocycles. The third-order valence-electron chi connectivity index (χ3n) is 2.60. The highest BCUT2D eigenvalue weighted by atomic mass is 31.2. The van der Waals surface area contributed by atoms with Gasteiger partial charge in [0.15, 0.2) is 5.75 Å². The van der Waals surface area contributed by atoms with E-state index in [2.05, 4.69) is 4.52 Å². The lowest BCUT2D eigenvalue weighted by molar-refractivity contribution is -0.394. The summed E-state index contributed by atoms with van der Waals surface area (Å²) in [6.45, 7) is -0.392. The standard InChI is InChI=1S/C10H14N3O9P/c11-6-8(22-23(18,19)20)3-4-21-10-2-1-7(12(14)15)5-9(10)13(16)17/h1-2,5,8H,3-4,6,11H2,(H2,18,19,20). The molecule has 0 aliphatic rings. The number of nitrogens with zero attached hydrogens (tertiary/aromatic N) is 2. The molecule has 0 fully saturated rings. The van der Waals surface area contributed by atoms with Crippen LogP contribution < -0.4 is 10.5 Å². The number of nitrogens with two attached hydrogens (primary N) is 1. The Bertz CT molecular complexity index is 632. The van der Waals surface area contributed by atoms with Crippen molar-refractivity contribution in [2.75, 3.05) is 13.2 Å². The number of hydrogen-bond acceptors (Lipinski definition) is 8. The van der Waals surface area contributed by atoms with Gasteiger partial charge in [0, 0.05) is 19.0 Å². The van der Waals surface area contributed by atoms with Crippen molar-refractivity contribution in [3.8, 4) is 5.75 Å². The molecular formula is C10H14N3O9P. The van der Waals surface area contributed by atoms with Gasteiger partial charge in [0.1, 0.15) is 0 Å². The molecule has 12 nitrogen and oxygen atoms in total. The maximum Gasteiger partial charge on any atom is 0.469 e. The van der Waals surface area contributed by atoms with Gasteiger partial charge in [-0.3, -0.25) is 24.8 Å². The number of benzene rings is 1. The number of rotatable bonds is 9. The highest BCUT2D eigenvalue weighted by Gasteiger charge is 2.23. The molecule has 1 aromatic rings. The van der Waals surface area contributed by atoms with Crippen LogP contribution in [0.4, 0.5) is 11.4 Å². The molecule has 1 aromatic carbocycles. The van der Waals surface area contributed by atoms with E-state index in [0.717, 1.165) is 18.2 Å². The SMILES string of the molecule is NCC(CCOc1ccc([N+](=O)[O-])cc1[N+](=O)[O-])OP(=O)(O)O. The lowest BCUT2D eigenvalue weighted by Crippen LogP contribution is -2.25. The first-order valence-electron chi connectivity index (χ1n) is 6.13. The first kappa shape index (κ1) is 18.9. The summed E-state index contributed by atoms with van der Waals surface area (Å²) in [5.41, 5.74) is 4.22. The smallest absolute Gasteiger partial charge is 0.469 e. The van der Waals surface area contributed by atoms with Gasteiger partial charge in [-0.05, 0) is 6.07 Å². The zero-order chi connectivity index (χ0) is 17.6. The van der Waals surface area contributed by atoms with Gasteiger partial charge in [0.2, 0.25) is 0 Å². The first-order chi connectivity index (χ1) is 10.6. The molecule has 0 aromatic heterocycles. The summed E-state index contributed by atoms with van der Waals surface area (Å²) in [7, 11) is -4.71. The number of nitro groups is 2. The minimum atomic E-state index is -4.71. The van der Waals surface area contributed by atoms with Crippen LogP contribution in [-0.2, 0) is 9.09 Å². The van der Waals surface area contributed by atoms with Crippen LogP contribution >= 0.6 is 7.82 Å². The second-order valence-corrected chi connectivity index (χ2v) is 5.45. The fourth-order valence-corrected chi connectivity index (χ4v) is 2.17. The average Bonchev–Trinajstić information content (AvgIpc) is 2.44. The van der Waals surface area contributed by atoms with Gasteiger partial charge >= 0.3 is 13.5 Å². The number of ether oxygens (including phenoxy) is 1. The molecule has 1 atom stereocenters. The van der Waals surface area contributed by atoms with Crippen molar-refractivity contribution in [3.05, 3.63) is 38.4 Å². The van der Waals surface area contributed by atoms with Crippen molar-refractivity contribution in [1.29, 1.82) is 0 Å². The van der Waals surface area contributed by atoms with E-state index < -0.39 is 35.1 Å². The Kier molecular flexibility index (Phi) is 6.54. The molecule has 0 bridgehead atoms. The zero-order valence-corrected chi connectivity index (χ0v) is 12.5. The van der Waals surface area contributed by atoms with Crippen LogP contribution in [0, 0.1) is 20.2 Å². The van der Waals surface area contributed by atoms with E-state index in [0.29, 0.717) is 0 Å². The molecule has 0 radical (unpaired) electrons. The molecular weight excluding hydrogens is 337 g/mol. The van der Waals surface area contributed by atoms with Crippen LogP contribution in [0.15, 0.2) is 18.2 Å².